The Kier molecular flexibility index (Phi) is 4.58. The second-order valence-corrected chi connectivity index (χ2v) is 5.02. The number of benzene rings is 1. The molecule has 20 heavy (non-hydrogen) atoms. The highest BCUT2D eigenvalue weighted by Gasteiger charge is 2.12. The maximum Gasteiger partial charge on any atom is 0.272 e. The number of aliphatic hydroxyl groups excluding tert-OH is 1. The van der Waals surface area contributed by atoms with Crippen molar-refractivity contribution in [1.29, 1.82) is 0 Å². The summed E-state index contributed by atoms with van der Waals surface area (Å²) in [5.41, 5.74) is 2.46. The van der Waals surface area contributed by atoms with Crippen LogP contribution in [0.3, 0.4) is 0 Å². The van der Waals surface area contributed by atoms with Crippen LogP contribution in [0.5, 0.6) is 0 Å². The molecular formula is C16H20N2O2. The molecule has 0 spiro atoms. The zero-order chi connectivity index (χ0) is 14.5. The molecule has 2 N–H and O–H groups in total. The lowest BCUT2D eigenvalue weighted by Gasteiger charge is -2.13. The third kappa shape index (κ3) is 3.27. The third-order valence-electron chi connectivity index (χ3n) is 3.18. The van der Waals surface area contributed by atoms with Crippen molar-refractivity contribution in [3.8, 4) is 0 Å². The SMILES string of the molecule is CC(C)n1cccc1C(=O)Nc1ccc(CCO)cc1. The van der Waals surface area contributed by atoms with Gasteiger partial charge in [0, 0.05) is 24.5 Å². The number of aromatic nitrogens is 1. The van der Waals surface area contributed by atoms with Gasteiger partial charge in [0.2, 0.25) is 0 Å². The molecule has 1 aromatic heterocycles. The van der Waals surface area contributed by atoms with Crippen molar-refractivity contribution in [1.82, 2.24) is 4.57 Å². The molecule has 0 saturated carbocycles. The van der Waals surface area contributed by atoms with Gasteiger partial charge in [0.05, 0.1) is 0 Å². The first-order valence-electron chi connectivity index (χ1n) is 6.80. The Morgan fingerprint density at radius 2 is 1.95 bits per heavy atom. The number of nitrogens with zero attached hydrogens (tertiary/aromatic N) is 1. The van der Waals surface area contributed by atoms with Crippen molar-refractivity contribution in [2.24, 2.45) is 0 Å². The lowest BCUT2D eigenvalue weighted by atomic mass is 10.1. The molecule has 106 valence electrons. The van der Waals surface area contributed by atoms with Gasteiger partial charge in [-0.05, 0) is 50.1 Å². The summed E-state index contributed by atoms with van der Waals surface area (Å²) in [5.74, 6) is -0.112. The summed E-state index contributed by atoms with van der Waals surface area (Å²) >= 11 is 0. The zero-order valence-electron chi connectivity index (χ0n) is 11.8. The molecule has 4 nitrogen and oxygen atoms in total. The molecule has 4 heteroatoms. The predicted molar refractivity (Wildman–Crippen MR) is 80.0 cm³/mol. The number of rotatable bonds is 5. The summed E-state index contributed by atoms with van der Waals surface area (Å²) in [7, 11) is 0. The van der Waals surface area contributed by atoms with E-state index in [1.54, 1.807) is 0 Å². The van der Waals surface area contributed by atoms with Gasteiger partial charge < -0.3 is 15.0 Å². The second-order valence-electron chi connectivity index (χ2n) is 5.02. The predicted octanol–water partition coefficient (Wildman–Crippen LogP) is 2.86. The molecule has 0 radical (unpaired) electrons. The minimum atomic E-state index is -0.112. The topological polar surface area (TPSA) is 54.3 Å². The molecule has 0 fully saturated rings. The lowest BCUT2D eigenvalue weighted by Crippen LogP contribution is -2.17. The average molecular weight is 272 g/mol. The van der Waals surface area contributed by atoms with Gasteiger partial charge in [0.15, 0.2) is 0 Å². The van der Waals surface area contributed by atoms with Crippen LogP contribution in [0.4, 0.5) is 5.69 Å². The molecule has 0 aliphatic rings. The number of amides is 1. The van der Waals surface area contributed by atoms with Crippen LogP contribution in [-0.2, 0) is 6.42 Å². The van der Waals surface area contributed by atoms with E-state index in [-0.39, 0.29) is 18.6 Å². The summed E-state index contributed by atoms with van der Waals surface area (Å²) in [6, 6.07) is 11.5. The van der Waals surface area contributed by atoms with Crippen LogP contribution >= 0.6 is 0 Å². The third-order valence-corrected chi connectivity index (χ3v) is 3.18. The van der Waals surface area contributed by atoms with Crippen molar-refractivity contribution in [3.63, 3.8) is 0 Å². The first kappa shape index (κ1) is 14.3. The van der Waals surface area contributed by atoms with Gasteiger partial charge in [-0.3, -0.25) is 4.79 Å². The fourth-order valence-electron chi connectivity index (χ4n) is 2.12. The van der Waals surface area contributed by atoms with E-state index in [1.165, 1.54) is 0 Å². The highest BCUT2D eigenvalue weighted by molar-refractivity contribution is 6.03. The largest absolute Gasteiger partial charge is 0.396 e. The van der Waals surface area contributed by atoms with Crippen molar-refractivity contribution in [2.75, 3.05) is 11.9 Å². The molecule has 2 aromatic rings. The Morgan fingerprint density at radius 3 is 2.55 bits per heavy atom. The minimum absolute atomic E-state index is 0.112. The van der Waals surface area contributed by atoms with Crippen molar-refractivity contribution < 1.29 is 9.90 Å². The van der Waals surface area contributed by atoms with Crippen LogP contribution < -0.4 is 5.32 Å². The number of carbonyl (C=O) groups is 1. The molecule has 0 aliphatic heterocycles. The zero-order valence-corrected chi connectivity index (χ0v) is 11.8. The molecule has 0 bridgehead atoms. The number of nitrogens with one attached hydrogen (secondary N) is 1. The maximum atomic E-state index is 12.2. The molecule has 1 heterocycles. The van der Waals surface area contributed by atoms with Gasteiger partial charge in [-0.15, -0.1) is 0 Å². The Labute approximate surface area is 119 Å². The molecule has 2 rings (SSSR count). The molecule has 0 atom stereocenters. The molecule has 1 amide bonds. The lowest BCUT2D eigenvalue weighted by molar-refractivity contribution is 0.101. The Morgan fingerprint density at radius 1 is 1.25 bits per heavy atom. The van der Waals surface area contributed by atoms with Crippen molar-refractivity contribution >= 4 is 11.6 Å². The number of carbonyl (C=O) groups excluding carboxylic acids is 1. The van der Waals surface area contributed by atoms with Gasteiger partial charge in [0.1, 0.15) is 5.69 Å². The molecule has 0 aliphatic carbocycles. The average Bonchev–Trinajstić information content (AvgIpc) is 2.91. The smallest absolute Gasteiger partial charge is 0.272 e. The first-order chi connectivity index (χ1) is 9.61. The van der Waals surface area contributed by atoms with E-state index in [2.05, 4.69) is 5.32 Å². The number of hydrogen-bond donors (Lipinski definition) is 2. The summed E-state index contributed by atoms with van der Waals surface area (Å²) in [6.07, 6.45) is 2.54. The van der Waals surface area contributed by atoms with Crippen LogP contribution in [-0.4, -0.2) is 22.2 Å². The van der Waals surface area contributed by atoms with Crippen molar-refractivity contribution in [3.05, 3.63) is 53.9 Å². The van der Waals surface area contributed by atoms with E-state index in [9.17, 15) is 4.79 Å². The van der Waals surface area contributed by atoms with E-state index in [0.717, 1.165) is 11.3 Å². The normalized spacial score (nSPS) is 10.8. The van der Waals surface area contributed by atoms with Crippen molar-refractivity contribution in [2.45, 2.75) is 26.3 Å². The maximum absolute atomic E-state index is 12.2. The van der Waals surface area contributed by atoms with Gasteiger partial charge in [0.25, 0.3) is 5.91 Å². The van der Waals surface area contributed by atoms with E-state index in [4.69, 9.17) is 5.11 Å². The van der Waals surface area contributed by atoms with E-state index in [0.29, 0.717) is 12.1 Å². The van der Waals surface area contributed by atoms with Gasteiger partial charge in [-0.2, -0.15) is 0 Å². The molecule has 1 aromatic carbocycles. The molecule has 0 unspecified atom stereocenters. The van der Waals surface area contributed by atoms with E-state index < -0.39 is 0 Å². The summed E-state index contributed by atoms with van der Waals surface area (Å²) in [4.78, 5) is 12.2. The highest BCUT2D eigenvalue weighted by Crippen LogP contribution is 2.15. The number of aliphatic hydroxyl groups is 1. The van der Waals surface area contributed by atoms with Crippen LogP contribution in [0.2, 0.25) is 0 Å². The monoisotopic (exact) mass is 272 g/mol. The van der Waals surface area contributed by atoms with Crippen LogP contribution in [0.25, 0.3) is 0 Å². The van der Waals surface area contributed by atoms with Crippen LogP contribution in [0.15, 0.2) is 42.6 Å². The first-order valence-corrected chi connectivity index (χ1v) is 6.80. The highest BCUT2D eigenvalue weighted by atomic mass is 16.2. The quantitative estimate of drug-likeness (QED) is 0.879. The second kappa shape index (κ2) is 6.39. The Bertz CT molecular complexity index is 570. The summed E-state index contributed by atoms with van der Waals surface area (Å²) in [6.45, 7) is 4.22. The standard InChI is InChI=1S/C16H20N2O2/c1-12(2)18-10-3-4-15(18)16(20)17-14-7-5-13(6-8-14)9-11-19/h3-8,10,12,19H,9,11H2,1-2H3,(H,17,20). The number of anilines is 1. The Hall–Kier alpha value is -2.07. The summed E-state index contributed by atoms with van der Waals surface area (Å²) in [5, 5.41) is 11.8. The van der Waals surface area contributed by atoms with Crippen LogP contribution in [0.1, 0.15) is 35.9 Å². The molecule has 0 saturated heterocycles. The fraction of sp³-hybridized carbons (Fsp3) is 0.312. The minimum Gasteiger partial charge on any atom is -0.396 e. The fourth-order valence-corrected chi connectivity index (χ4v) is 2.12. The number of hydrogen-bond acceptors (Lipinski definition) is 2. The Balaban J connectivity index is 2.09. The summed E-state index contributed by atoms with van der Waals surface area (Å²) < 4.78 is 1.94. The van der Waals surface area contributed by atoms with Gasteiger partial charge in [-0.1, -0.05) is 12.1 Å². The van der Waals surface area contributed by atoms with Gasteiger partial charge in [-0.25, -0.2) is 0 Å². The van der Waals surface area contributed by atoms with E-state index >= 15 is 0 Å². The van der Waals surface area contributed by atoms with E-state index in [1.807, 2.05) is 61.0 Å². The van der Waals surface area contributed by atoms with Gasteiger partial charge >= 0.3 is 0 Å². The molecular weight excluding hydrogens is 252 g/mol. The van der Waals surface area contributed by atoms with Crippen LogP contribution in [0, 0.1) is 0 Å².